The van der Waals surface area contributed by atoms with E-state index in [-0.39, 0.29) is 47.4 Å². The lowest BCUT2D eigenvalue weighted by Crippen LogP contribution is -2.44. The summed E-state index contributed by atoms with van der Waals surface area (Å²) in [5.41, 5.74) is 15.2. The highest BCUT2D eigenvalue weighted by Gasteiger charge is 2.35. The number of amides is 1. The van der Waals surface area contributed by atoms with Crippen molar-refractivity contribution in [3.05, 3.63) is 71.2 Å². The molecule has 1 aromatic carbocycles. The zero-order valence-corrected chi connectivity index (χ0v) is 22.3. The molecular weight excluding hydrogens is 507 g/mol. The Morgan fingerprint density at radius 3 is 2.76 bits per heavy atom. The molecule has 0 bridgehead atoms. The maximum absolute atomic E-state index is 14.7. The second kappa shape index (κ2) is 11.9. The predicted molar refractivity (Wildman–Crippen MR) is 147 cm³/mol. The van der Waals surface area contributed by atoms with Gasteiger partial charge >= 0.3 is 0 Å². The summed E-state index contributed by atoms with van der Waals surface area (Å²) in [6.45, 7) is 4.05. The molecule has 1 amide bonds. The molecular formula is C27H30F2N7OP. The predicted octanol–water partition coefficient (Wildman–Crippen LogP) is 4.79. The van der Waals surface area contributed by atoms with Gasteiger partial charge in [-0.15, -0.1) is 9.24 Å². The molecule has 2 heterocycles. The number of nitrogens with one attached hydrogen (secondary N) is 2. The molecule has 1 aliphatic rings. The molecule has 11 heteroatoms. The number of aliphatic imine (C=N–C) groups is 1. The normalized spacial score (nSPS) is 21.4. The number of rotatable bonds is 7. The second-order valence-electron chi connectivity index (χ2n) is 9.63. The number of aryl methyl sites for hydroxylation is 1. The highest BCUT2D eigenvalue weighted by Crippen LogP contribution is 2.39. The molecule has 4 N–H and O–H groups in total. The first-order chi connectivity index (χ1) is 18.2. The van der Waals surface area contributed by atoms with Gasteiger partial charge in [-0.05, 0) is 72.3 Å². The molecule has 38 heavy (non-hydrogen) atoms. The molecule has 0 spiro atoms. The van der Waals surface area contributed by atoms with Gasteiger partial charge in [0.25, 0.3) is 5.91 Å². The van der Waals surface area contributed by atoms with Crippen molar-refractivity contribution in [1.82, 2.24) is 9.97 Å². The van der Waals surface area contributed by atoms with Gasteiger partial charge in [-0.1, -0.05) is 13.0 Å². The first kappa shape index (κ1) is 27.5. The summed E-state index contributed by atoms with van der Waals surface area (Å²) in [6, 6.07) is 6.97. The third-order valence-corrected chi connectivity index (χ3v) is 7.26. The largest absolute Gasteiger partial charge is 0.326 e. The minimum Gasteiger partial charge on any atom is -0.326 e. The van der Waals surface area contributed by atoms with E-state index < -0.39 is 17.5 Å². The molecule has 2 aromatic heterocycles. The lowest BCUT2D eigenvalue weighted by atomic mass is 9.73. The first-order valence-electron chi connectivity index (χ1n) is 12.3. The van der Waals surface area contributed by atoms with Crippen LogP contribution in [0.2, 0.25) is 0 Å². The average Bonchev–Trinajstić information content (AvgIpc) is 2.86. The molecule has 5 unspecified atom stereocenters. The summed E-state index contributed by atoms with van der Waals surface area (Å²) in [4.78, 5) is 26.1. The van der Waals surface area contributed by atoms with E-state index in [4.69, 9.17) is 11.3 Å². The van der Waals surface area contributed by atoms with Crippen molar-refractivity contribution in [2.24, 2.45) is 21.8 Å². The monoisotopic (exact) mass is 537 g/mol. The van der Waals surface area contributed by atoms with Crippen molar-refractivity contribution in [3.8, 4) is 11.3 Å². The average molecular weight is 538 g/mol. The molecule has 0 radical (unpaired) electrons. The van der Waals surface area contributed by atoms with Crippen LogP contribution >= 0.6 is 9.24 Å². The number of pyridine rings is 2. The molecule has 198 valence electrons. The Hall–Kier alpha value is -3.49. The van der Waals surface area contributed by atoms with Gasteiger partial charge in [0.1, 0.15) is 23.0 Å². The highest BCUT2D eigenvalue weighted by molar-refractivity contribution is 7.28. The summed E-state index contributed by atoms with van der Waals surface area (Å²) in [6.07, 6.45) is 6.30. The van der Waals surface area contributed by atoms with E-state index in [2.05, 4.69) is 41.6 Å². The van der Waals surface area contributed by atoms with Crippen LogP contribution in [0.1, 0.15) is 47.3 Å². The number of aromatic nitrogens is 2. The van der Waals surface area contributed by atoms with E-state index in [9.17, 15) is 13.6 Å². The summed E-state index contributed by atoms with van der Waals surface area (Å²) >= 11 is 0. The van der Waals surface area contributed by atoms with Crippen molar-refractivity contribution in [2.45, 2.75) is 44.7 Å². The number of halogens is 2. The molecule has 4 rings (SSSR count). The summed E-state index contributed by atoms with van der Waals surface area (Å²) in [5, 5.41) is 6.60. The van der Waals surface area contributed by atoms with Crippen molar-refractivity contribution < 1.29 is 13.6 Å². The van der Waals surface area contributed by atoms with Crippen LogP contribution in [-0.4, -0.2) is 40.7 Å². The number of hydrogen-bond acceptors (Lipinski definition) is 7. The number of carbonyl (C=O) groups is 1. The SMILES string of the molecule is Cc1cc(F)c(-c2nc(C(=O)Nc3cnccc3C3CC(C)C(N=CCN=N)C(N)C3)ccc2F)c(P)c1. The molecule has 1 aliphatic carbocycles. The van der Waals surface area contributed by atoms with Crippen LogP contribution < -0.4 is 16.4 Å². The Morgan fingerprint density at radius 2 is 2.05 bits per heavy atom. The molecule has 5 atom stereocenters. The number of nitrogens with two attached hydrogens (primary N) is 1. The third-order valence-electron chi connectivity index (χ3n) is 6.81. The van der Waals surface area contributed by atoms with Gasteiger partial charge in [-0.25, -0.2) is 19.3 Å². The van der Waals surface area contributed by atoms with Gasteiger partial charge in [0.15, 0.2) is 0 Å². The standard InChI is InChI=1S/C27H30F2N7OP/c1-14-9-19(29)24(23(38)10-14)26-18(28)3-4-21(35-26)27(37)36-22-13-32-6-5-17(22)16-11-15(2)25(20(30)12-16)33-7-8-34-31/h3-7,9-10,13,15-16,20,25,31H,8,11-12,30,38H2,1-2H3,(H,36,37). The van der Waals surface area contributed by atoms with E-state index in [0.717, 1.165) is 18.1 Å². The van der Waals surface area contributed by atoms with Gasteiger partial charge < -0.3 is 11.1 Å². The lowest BCUT2D eigenvalue weighted by molar-refractivity contribution is 0.102. The van der Waals surface area contributed by atoms with E-state index in [0.29, 0.717) is 23.0 Å². The second-order valence-corrected chi connectivity index (χ2v) is 10.2. The van der Waals surface area contributed by atoms with Crippen LogP contribution in [0.25, 0.3) is 11.3 Å². The molecule has 1 fully saturated rings. The van der Waals surface area contributed by atoms with Gasteiger partial charge in [0.2, 0.25) is 0 Å². The van der Waals surface area contributed by atoms with Crippen LogP contribution in [0.15, 0.2) is 52.8 Å². The summed E-state index contributed by atoms with van der Waals surface area (Å²) in [5.74, 6) is -1.67. The number of hydrogen-bond donors (Lipinski definition) is 3. The van der Waals surface area contributed by atoms with Crippen molar-refractivity contribution >= 4 is 32.4 Å². The number of carbonyl (C=O) groups excluding carboxylic acids is 1. The Balaban J connectivity index is 1.58. The number of anilines is 1. The van der Waals surface area contributed by atoms with Crippen LogP contribution in [0.5, 0.6) is 0 Å². The molecule has 8 nitrogen and oxygen atoms in total. The first-order valence-corrected chi connectivity index (χ1v) is 12.9. The fourth-order valence-corrected chi connectivity index (χ4v) is 5.65. The zero-order chi connectivity index (χ0) is 27.4. The van der Waals surface area contributed by atoms with E-state index in [1.54, 1.807) is 31.6 Å². The van der Waals surface area contributed by atoms with Crippen LogP contribution in [0, 0.1) is 30.0 Å². The minimum absolute atomic E-state index is 0.00592. The smallest absolute Gasteiger partial charge is 0.274 e. The van der Waals surface area contributed by atoms with Crippen molar-refractivity contribution in [1.29, 1.82) is 5.53 Å². The Kier molecular flexibility index (Phi) is 8.64. The topological polar surface area (TPSA) is 129 Å². The van der Waals surface area contributed by atoms with Crippen LogP contribution in [0.4, 0.5) is 14.5 Å². The Labute approximate surface area is 222 Å². The van der Waals surface area contributed by atoms with E-state index >= 15 is 0 Å². The summed E-state index contributed by atoms with van der Waals surface area (Å²) < 4.78 is 29.4. The highest BCUT2D eigenvalue weighted by atomic mass is 31.0. The molecule has 0 aliphatic heterocycles. The van der Waals surface area contributed by atoms with Gasteiger partial charge in [0.05, 0.1) is 24.5 Å². The van der Waals surface area contributed by atoms with Crippen LogP contribution in [-0.2, 0) is 0 Å². The maximum Gasteiger partial charge on any atom is 0.274 e. The molecule has 3 aromatic rings. The number of benzene rings is 1. The number of nitrogens with zero attached hydrogens (tertiary/aromatic N) is 4. The van der Waals surface area contributed by atoms with Gasteiger partial charge in [-0.3, -0.25) is 14.8 Å². The van der Waals surface area contributed by atoms with Gasteiger partial charge in [-0.2, -0.15) is 5.11 Å². The van der Waals surface area contributed by atoms with E-state index in [1.807, 2.05) is 6.07 Å². The third kappa shape index (κ3) is 5.97. The lowest BCUT2D eigenvalue weighted by Gasteiger charge is -2.37. The Morgan fingerprint density at radius 1 is 1.26 bits per heavy atom. The summed E-state index contributed by atoms with van der Waals surface area (Å²) in [7, 11) is 2.39. The zero-order valence-electron chi connectivity index (χ0n) is 21.2. The van der Waals surface area contributed by atoms with E-state index in [1.165, 1.54) is 12.1 Å². The molecule has 1 saturated carbocycles. The fourth-order valence-electron chi connectivity index (χ4n) is 5.11. The van der Waals surface area contributed by atoms with Gasteiger partial charge in [0, 0.05) is 24.0 Å². The van der Waals surface area contributed by atoms with Crippen molar-refractivity contribution in [2.75, 3.05) is 11.9 Å². The quantitative estimate of drug-likeness (QED) is 0.227. The minimum atomic E-state index is -0.728. The Bertz CT molecular complexity index is 1350. The maximum atomic E-state index is 14.7. The van der Waals surface area contributed by atoms with Crippen molar-refractivity contribution in [3.63, 3.8) is 0 Å². The van der Waals surface area contributed by atoms with Crippen LogP contribution in [0.3, 0.4) is 0 Å². The molecule has 0 saturated heterocycles. The fraction of sp³-hybridized carbons (Fsp3) is 0.333.